The fourth-order valence-corrected chi connectivity index (χ4v) is 2.87. The lowest BCUT2D eigenvalue weighted by Crippen LogP contribution is -2.22. The minimum absolute atomic E-state index is 0.0437. The van der Waals surface area contributed by atoms with Crippen molar-refractivity contribution >= 4 is 29.0 Å². The van der Waals surface area contributed by atoms with Crippen LogP contribution in [0.15, 0.2) is 36.4 Å². The van der Waals surface area contributed by atoms with Gasteiger partial charge in [0.15, 0.2) is 6.61 Å². The van der Waals surface area contributed by atoms with E-state index in [1.165, 1.54) is 42.5 Å². The predicted molar refractivity (Wildman–Crippen MR) is 89.4 cm³/mol. The Balaban J connectivity index is 1.85. The Labute approximate surface area is 143 Å². The Morgan fingerprint density at radius 3 is 2.71 bits per heavy atom. The summed E-state index contributed by atoms with van der Waals surface area (Å²) in [5.41, 5.74) is 0.185. The third-order valence-electron chi connectivity index (χ3n) is 3.10. The van der Waals surface area contributed by atoms with Gasteiger partial charge in [-0.3, -0.25) is 9.59 Å². The normalized spacial score (nSPS) is 10.2. The quantitative estimate of drug-likeness (QED) is 0.591. The monoisotopic (exact) mass is 347 g/mol. The van der Waals surface area contributed by atoms with E-state index < -0.39 is 5.97 Å². The summed E-state index contributed by atoms with van der Waals surface area (Å²) < 4.78 is 4.97. The number of amides is 1. The summed E-state index contributed by atoms with van der Waals surface area (Å²) in [7, 11) is 0. The second-order valence-corrected chi connectivity index (χ2v) is 6.22. The van der Waals surface area contributed by atoms with Crippen LogP contribution in [0.3, 0.4) is 0 Å². The maximum absolute atomic E-state index is 12.1. The van der Waals surface area contributed by atoms with Crippen LogP contribution in [-0.4, -0.2) is 35.9 Å². The average molecular weight is 347 g/mol. The third kappa shape index (κ3) is 5.20. The molecule has 0 aliphatic rings. The highest BCUT2D eigenvalue weighted by atomic mass is 32.1. The van der Waals surface area contributed by atoms with Crippen molar-refractivity contribution in [3.05, 3.63) is 51.7 Å². The van der Waals surface area contributed by atoms with Gasteiger partial charge in [-0.2, -0.15) is 0 Å². The molecule has 1 aromatic heterocycles. The van der Waals surface area contributed by atoms with E-state index in [4.69, 9.17) is 4.74 Å². The first-order chi connectivity index (χ1) is 11.5. The summed E-state index contributed by atoms with van der Waals surface area (Å²) in [6, 6.07) is 9.23. The fourth-order valence-electron chi connectivity index (χ4n) is 1.94. The maximum atomic E-state index is 12.1. The lowest BCUT2D eigenvalue weighted by molar-refractivity contribution is -0.118. The van der Waals surface area contributed by atoms with Gasteiger partial charge in [0.2, 0.25) is 11.7 Å². The molecule has 1 aromatic carbocycles. The number of rotatable bonds is 7. The van der Waals surface area contributed by atoms with Gasteiger partial charge in [0.25, 0.3) is 0 Å². The number of aromatic hydroxyl groups is 1. The fraction of sp³-hybridized carbons (Fsp3) is 0.235. The van der Waals surface area contributed by atoms with Crippen molar-refractivity contribution in [2.45, 2.75) is 13.3 Å². The van der Waals surface area contributed by atoms with Crippen molar-refractivity contribution < 1.29 is 24.2 Å². The Morgan fingerprint density at radius 1 is 1.21 bits per heavy atom. The molecule has 0 bridgehead atoms. The number of carbonyl (C=O) groups excluding carboxylic acids is 3. The molecule has 0 radical (unpaired) electrons. The molecule has 1 heterocycles. The Hall–Kier alpha value is -2.67. The number of hydrogen-bond donors (Lipinski definition) is 2. The molecule has 24 heavy (non-hydrogen) atoms. The van der Waals surface area contributed by atoms with Crippen molar-refractivity contribution in [1.82, 2.24) is 5.32 Å². The van der Waals surface area contributed by atoms with E-state index in [0.29, 0.717) is 17.8 Å². The van der Waals surface area contributed by atoms with Gasteiger partial charge in [-0.1, -0.05) is 6.07 Å². The summed E-state index contributed by atoms with van der Waals surface area (Å²) in [5, 5.41) is 12.0. The zero-order chi connectivity index (χ0) is 17.5. The highest BCUT2D eigenvalue weighted by Crippen LogP contribution is 2.18. The zero-order valence-corrected chi connectivity index (χ0v) is 13.9. The molecule has 2 aromatic rings. The molecular weight excluding hydrogens is 330 g/mol. The smallest absolute Gasteiger partial charge is 0.338 e. The first-order valence-corrected chi connectivity index (χ1v) is 8.10. The van der Waals surface area contributed by atoms with Gasteiger partial charge in [-0.15, -0.1) is 11.3 Å². The van der Waals surface area contributed by atoms with Crippen LogP contribution in [0.1, 0.15) is 31.8 Å². The maximum Gasteiger partial charge on any atom is 0.338 e. The van der Waals surface area contributed by atoms with Gasteiger partial charge in [-0.05, 0) is 36.8 Å². The molecule has 0 saturated heterocycles. The van der Waals surface area contributed by atoms with E-state index in [1.54, 1.807) is 6.07 Å². The van der Waals surface area contributed by atoms with Crippen LogP contribution in [0.5, 0.6) is 5.75 Å². The molecule has 6 nitrogen and oxygen atoms in total. The minimum Gasteiger partial charge on any atom is -0.508 e. The van der Waals surface area contributed by atoms with Crippen molar-refractivity contribution in [2.24, 2.45) is 0 Å². The zero-order valence-electron chi connectivity index (χ0n) is 13.1. The molecule has 7 heteroatoms. The molecular formula is C17H17NO5S. The standard InChI is InChI=1S/C17H17NO5S/c1-11(19)18-8-7-14-5-6-16(24-14)15(21)10-23-17(22)12-3-2-4-13(20)9-12/h2-6,9,20H,7-8,10H2,1H3,(H,18,19). The molecule has 0 fully saturated rings. The molecule has 126 valence electrons. The average Bonchev–Trinajstić information content (AvgIpc) is 3.01. The van der Waals surface area contributed by atoms with Crippen molar-refractivity contribution in [2.75, 3.05) is 13.2 Å². The van der Waals surface area contributed by atoms with Gasteiger partial charge in [0.05, 0.1) is 10.4 Å². The molecule has 0 aliphatic heterocycles. The van der Waals surface area contributed by atoms with Crippen LogP contribution in [0, 0.1) is 0 Å². The van der Waals surface area contributed by atoms with Crippen molar-refractivity contribution in [3.63, 3.8) is 0 Å². The summed E-state index contributed by atoms with van der Waals surface area (Å²) >= 11 is 1.31. The lowest BCUT2D eigenvalue weighted by atomic mass is 10.2. The molecule has 0 unspecified atom stereocenters. The Bertz CT molecular complexity index is 753. The summed E-state index contributed by atoms with van der Waals surface area (Å²) in [6.07, 6.45) is 0.639. The van der Waals surface area contributed by atoms with Crippen LogP contribution in [0.25, 0.3) is 0 Å². The van der Waals surface area contributed by atoms with E-state index in [-0.39, 0.29) is 29.6 Å². The minimum atomic E-state index is -0.665. The van der Waals surface area contributed by atoms with Gasteiger partial charge in [0, 0.05) is 18.3 Å². The molecule has 0 saturated carbocycles. The second kappa shape index (κ2) is 8.26. The Morgan fingerprint density at radius 2 is 2.00 bits per heavy atom. The molecule has 0 spiro atoms. The van der Waals surface area contributed by atoms with Gasteiger partial charge in [0.1, 0.15) is 5.75 Å². The lowest BCUT2D eigenvalue weighted by Gasteiger charge is -2.03. The Kier molecular flexibility index (Phi) is 6.08. The largest absolute Gasteiger partial charge is 0.508 e. The number of hydrogen-bond acceptors (Lipinski definition) is 6. The first-order valence-electron chi connectivity index (χ1n) is 7.28. The van der Waals surface area contributed by atoms with Crippen molar-refractivity contribution in [1.29, 1.82) is 0 Å². The number of esters is 1. The van der Waals surface area contributed by atoms with Crippen LogP contribution < -0.4 is 5.32 Å². The van der Waals surface area contributed by atoms with Crippen LogP contribution in [0.4, 0.5) is 0 Å². The highest BCUT2D eigenvalue weighted by molar-refractivity contribution is 7.14. The molecule has 1 amide bonds. The van der Waals surface area contributed by atoms with Crippen LogP contribution >= 0.6 is 11.3 Å². The number of Topliss-reactive ketones (excluding diaryl/α,β-unsaturated/α-hetero) is 1. The summed E-state index contributed by atoms with van der Waals surface area (Å²) in [5.74, 6) is -1.10. The number of thiophene rings is 1. The van der Waals surface area contributed by atoms with E-state index in [1.807, 2.05) is 6.07 Å². The van der Waals surface area contributed by atoms with E-state index in [0.717, 1.165) is 4.88 Å². The summed E-state index contributed by atoms with van der Waals surface area (Å²) in [4.78, 5) is 36.1. The van der Waals surface area contributed by atoms with E-state index in [9.17, 15) is 19.5 Å². The van der Waals surface area contributed by atoms with Gasteiger partial charge in [-0.25, -0.2) is 4.79 Å². The number of benzene rings is 1. The number of phenols is 1. The highest BCUT2D eigenvalue weighted by Gasteiger charge is 2.14. The number of phenolic OH excluding ortho intramolecular Hbond substituents is 1. The molecule has 0 atom stereocenters. The SMILES string of the molecule is CC(=O)NCCc1ccc(C(=O)COC(=O)c2cccc(O)c2)s1. The number of carbonyl (C=O) groups is 3. The first kappa shape index (κ1) is 17.7. The van der Waals surface area contributed by atoms with Gasteiger partial charge < -0.3 is 15.2 Å². The molecule has 0 aliphatic carbocycles. The van der Waals surface area contributed by atoms with E-state index in [2.05, 4.69) is 5.32 Å². The molecule has 2 N–H and O–H groups in total. The van der Waals surface area contributed by atoms with Crippen LogP contribution in [0.2, 0.25) is 0 Å². The second-order valence-electron chi connectivity index (χ2n) is 5.05. The summed E-state index contributed by atoms with van der Waals surface area (Å²) in [6.45, 7) is 1.60. The molecule has 2 rings (SSSR count). The number of nitrogens with one attached hydrogen (secondary N) is 1. The predicted octanol–water partition coefficient (Wildman–Crippen LogP) is 2.17. The van der Waals surface area contributed by atoms with E-state index >= 15 is 0 Å². The van der Waals surface area contributed by atoms with Crippen molar-refractivity contribution in [3.8, 4) is 5.75 Å². The topological polar surface area (TPSA) is 92.7 Å². The van der Waals surface area contributed by atoms with Crippen LogP contribution in [-0.2, 0) is 16.0 Å². The third-order valence-corrected chi connectivity index (χ3v) is 4.28. The van der Waals surface area contributed by atoms with Gasteiger partial charge >= 0.3 is 5.97 Å². The number of ether oxygens (including phenoxy) is 1. The number of ketones is 1.